The summed E-state index contributed by atoms with van der Waals surface area (Å²) in [6, 6.07) is 0.212. The maximum atomic E-state index is 12.3. The van der Waals surface area contributed by atoms with Crippen molar-refractivity contribution in [2.24, 2.45) is 5.92 Å². The molecule has 7 nitrogen and oxygen atoms in total. The Morgan fingerprint density at radius 1 is 1.35 bits per heavy atom. The Labute approximate surface area is 136 Å². The molecule has 0 unspecified atom stereocenters. The fraction of sp³-hybridized carbons (Fsp3) is 0.750. The van der Waals surface area contributed by atoms with Crippen molar-refractivity contribution in [3.63, 3.8) is 0 Å². The summed E-state index contributed by atoms with van der Waals surface area (Å²) >= 11 is 0. The van der Waals surface area contributed by atoms with Crippen molar-refractivity contribution >= 4 is 11.8 Å². The molecule has 2 saturated heterocycles. The van der Waals surface area contributed by atoms with Gasteiger partial charge in [-0.1, -0.05) is 19.1 Å². The van der Waals surface area contributed by atoms with Gasteiger partial charge >= 0.3 is 0 Å². The lowest BCUT2D eigenvalue weighted by molar-refractivity contribution is -0.142. The van der Waals surface area contributed by atoms with Gasteiger partial charge in [0.25, 0.3) is 0 Å². The van der Waals surface area contributed by atoms with Gasteiger partial charge in [0.05, 0.1) is 18.8 Å². The normalized spacial score (nSPS) is 18.8. The quantitative estimate of drug-likeness (QED) is 0.790. The SMILES string of the molecule is CCC(CC)C(=O)N1CC(n2cc(CN3CCCC3=O)nn2)C1. The fourth-order valence-corrected chi connectivity index (χ4v) is 3.33. The van der Waals surface area contributed by atoms with Crippen LogP contribution >= 0.6 is 0 Å². The first-order valence-corrected chi connectivity index (χ1v) is 8.59. The highest BCUT2D eigenvalue weighted by atomic mass is 16.2. The van der Waals surface area contributed by atoms with E-state index in [1.165, 1.54) is 0 Å². The highest BCUT2D eigenvalue weighted by molar-refractivity contribution is 5.79. The molecule has 0 atom stereocenters. The summed E-state index contributed by atoms with van der Waals surface area (Å²) in [5.74, 6) is 0.600. The molecule has 23 heavy (non-hydrogen) atoms. The minimum atomic E-state index is 0.142. The Morgan fingerprint density at radius 3 is 2.70 bits per heavy atom. The van der Waals surface area contributed by atoms with Gasteiger partial charge in [0.2, 0.25) is 11.8 Å². The van der Waals surface area contributed by atoms with E-state index in [2.05, 4.69) is 24.2 Å². The molecular formula is C16H25N5O2. The molecule has 0 saturated carbocycles. The standard InChI is InChI=1S/C16H25N5O2/c1-3-12(4-2)16(23)20-10-14(11-20)21-9-13(17-18-21)8-19-7-5-6-15(19)22/h9,12,14H,3-8,10-11H2,1-2H3. The molecule has 0 N–H and O–H groups in total. The second kappa shape index (κ2) is 6.68. The summed E-state index contributed by atoms with van der Waals surface area (Å²) in [6.07, 6.45) is 5.28. The summed E-state index contributed by atoms with van der Waals surface area (Å²) in [4.78, 5) is 27.7. The molecule has 0 spiro atoms. The van der Waals surface area contributed by atoms with E-state index in [4.69, 9.17) is 0 Å². The molecule has 2 aliphatic heterocycles. The molecule has 3 rings (SSSR count). The minimum absolute atomic E-state index is 0.142. The van der Waals surface area contributed by atoms with Crippen molar-refractivity contribution < 1.29 is 9.59 Å². The first-order valence-electron chi connectivity index (χ1n) is 8.59. The average Bonchev–Trinajstić information content (AvgIpc) is 3.10. The number of rotatable bonds is 6. The van der Waals surface area contributed by atoms with Crippen LogP contribution in [0.25, 0.3) is 0 Å². The van der Waals surface area contributed by atoms with Crippen LogP contribution in [0.5, 0.6) is 0 Å². The number of hydrogen-bond donors (Lipinski definition) is 0. The average molecular weight is 319 g/mol. The fourth-order valence-electron chi connectivity index (χ4n) is 3.33. The Hall–Kier alpha value is -1.92. The number of carbonyl (C=O) groups excluding carboxylic acids is 2. The molecule has 126 valence electrons. The molecule has 7 heteroatoms. The van der Waals surface area contributed by atoms with Crippen molar-refractivity contribution in [1.82, 2.24) is 24.8 Å². The van der Waals surface area contributed by atoms with Crippen LogP contribution in [0, 0.1) is 5.92 Å². The van der Waals surface area contributed by atoms with Gasteiger partial charge in [-0.2, -0.15) is 0 Å². The van der Waals surface area contributed by atoms with Crippen molar-refractivity contribution in [3.05, 3.63) is 11.9 Å². The zero-order valence-electron chi connectivity index (χ0n) is 13.9. The molecule has 0 radical (unpaired) electrons. The summed E-state index contributed by atoms with van der Waals surface area (Å²) in [7, 11) is 0. The van der Waals surface area contributed by atoms with Gasteiger partial charge in [-0.25, -0.2) is 4.68 Å². The Morgan fingerprint density at radius 2 is 2.09 bits per heavy atom. The monoisotopic (exact) mass is 319 g/mol. The van der Waals surface area contributed by atoms with E-state index in [1.54, 1.807) is 0 Å². The van der Waals surface area contributed by atoms with Crippen LogP contribution in [0.2, 0.25) is 0 Å². The molecule has 1 aromatic heterocycles. The third kappa shape index (κ3) is 3.23. The lowest BCUT2D eigenvalue weighted by atomic mass is 9.98. The molecular weight excluding hydrogens is 294 g/mol. The molecule has 0 aliphatic carbocycles. The van der Waals surface area contributed by atoms with Gasteiger partial charge in [-0.15, -0.1) is 5.10 Å². The number of hydrogen-bond acceptors (Lipinski definition) is 4. The van der Waals surface area contributed by atoms with E-state index in [0.29, 0.717) is 26.1 Å². The summed E-state index contributed by atoms with van der Waals surface area (Å²) in [6.45, 7) is 6.90. The second-order valence-electron chi connectivity index (χ2n) is 6.52. The van der Waals surface area contributed by atoms with Crippen LogP contribution in [0.1, 0.15) is 51.3 Å². The van der Waals surface area contributed by atoms with Crippen LogP contribution in [-0.2, 0) is 16.1 Å². The van der Waals surface area contributed by atoms with E-state index < -0.39 is 0 Å². The molecule has 1 aromatic rings. The highest BCUT2D eigenvalue weighted by Gasteiger charge is 2.35. The zero-order valence-corrected chi connectivity index (χ0v) is 13.9. The van der Waals surface area contributed by atoms with E-state index in [0.717, 1.165) is 31.5 Å². The predicted octanol–water partition coefficient (Wildman–Crippen LogP) is 1.22. The third-order valence-corrected chi connectivity index (χ3v) is 4.96. The topological polar surface area (TPSA) is 71.3 Å². The smallest absolute Gasteiger partial charge is 0.225 e. The maximum absolute atomic E-state index is 12.3. The number of likely N-dealkylation sites (tertiary alicyclic amines) is 2. The molecule has 0 bridgehead atoms. The van der Waals surface area contributed by atoms with Crippen molar-refractivity contribution in [1.29, 1.82) is 0 Å². The number of nitrogens with zero attached hydrogens (tertiary/aromatic N) is 5. The second-order valence-corrected chi connectivity index (χ2v) is 6.52. The van der Waals surface area contributed by atoms with Crippen LogP contribution in [0.3, 0.4) is 0 Å². The van der Waals surface area contributed by atoms with Gasteiger partial charge < -0.3 is 9.80 Å². The first kappa shape index (κ1) is 16.0. The Bertz CT molecular complexity index is 575. The van der Waals surface area contributed by atoms with Gasteiger partial charge in [-0.3, -0.25) is 9.59 Å². The predicted molar refractivity (Wildman–Crippen MR) is 84.4 cm³/mol. The first-order chi connectivity index (χ1) is 11.1. The molecule has 0 aromatic carbocycles. The number of aromatic nitrogens is 3. The highest BCUT2D eigenvalue weighted by Crippen LogP contribution is 2.24. The van der Waals surface area contributed by atoms with Crippen molar-refractivity contribution in [2.75, 3.05) is 19.6 Å². The summed E-state index contributed by atoms with van der Waals surface area (Å²) < 4.78 is 1.84. The Balaban J connectivity index is 1.52. The van der Waals surface area contributed by atoms with E-state index in [9.17, 15) is 9.59 Å². The zero-order chi connectivity index (χ0) is 16.4. The summed E-state index contributed by atoms with van der Waals surface area (Å²) in [5.41, 5.74) is 0.824. The van der Waals surface area contributed by atoms with Crippen LogP contribution in [0.4, 0.5) is 0 Å². The number of amides is 2. The largest absolute Gasteiger partial charge is 0.338 e. The third-order valence-electron chi connectivity index (χ3n) is 4.96. The van der Waals surface area contributed by atoms with Crippen molar-refractivity contribution in [3.8, 4) is 0 Å². The minimum Gasteiger partial charge on any atom is -0.338 e. The van der Waals surface area contributed by atoms with Gasteiger partial charge in [-0.05, 0) is 19.3 Å². The molecule has 2 fully saturated rings. The maximum Gasteiger partial charge on any atom is 0.225 e. The van der Waals surface area contributed by atoms with Gasteiger partial charge in [0.15, 0.2) is 0 Å². The van der Waals surface area contributed by atoms with Crippen LogP contribution in [-0.4, -0.2) is 56.2 Å². The van der Waals surface area contributed by atoms with Crippen LogP contribution in [0.15, 0.2) is 6.20 Å². The molecule has 3 heterocycles. The van der Waals surface area contributed by atoms with Crippen LogP contribution < -0.4 is 0 Å². The van der Waals surface area contributed by atoms with Gasteiger partial charge in [0.1, 0.15) is 5.69 Å². The van der Waals surface area contributed by atoms with Gasteiger partial charge in [0, 0.05) is 32.0 Å². The lowest BCUT2D eigenvalue weighted by Gasteiger charge is -2.40. The van der Waals surface area contributed by atoms with E-state index in [-0.39, 0.29) is 23.8 Å². The number of carbonyl (C=O) groups is 2. The van der Waals surface area contributed by atoms with E-state index in [1.807, 2.05) is 20.7 Å². The molecule has 2 aliphatic rings. The molecule has 2 amide bonds. The Kier molecular flexibility index (Phi) is 4.63. The van der Waals surface area contributed by atoms with Crippen molar-refractivity contribution in [2.45, 2.75) is 52.1 Å². The summed E-state index contributed by atoms with van der Waals surface area (Å²) in [5, 5.41) is 8.34. The van der Waals surface area contributed by atoms with E-state index >= 15 is 0 Å². The lowest BCUT2D eigenvalue weighted by Crippen LogP contribution is -2.52.